The van der Waals surface area contributed by atoms with Crippen molar-refractivity contribution >= 4 is 11.9 Å². The number of rotatable bonds is 16. The van der Waals surface area contributed by atoms with Crippen LogP contribution in [0.15, 0.2) is 42.5 Å². The SMILES string of the molecule is CCCCCCN(CCCCCC)C(=O)CN1C[C@H](c2ccc3c(c2)OCO3)[C@H](C(=O)O)[C@H]1c1ccc(OC)cc1. The summed E-state index contributed by atoms with van der Waals surface area (Å²) in [5, 5.41) is 10.6. The molecule has 0 aromatic heterocycles. The van der Waals surface area contributed by atoms with Gasteiger partial charge in [-0.25, -0.2) is 0 Å². The molecule has 2 aromatic carbocycles. The van der Waals surface area contributed by atoms with Crippen molar-refractivity contribution in [1.29, 1.82) is 0 Å². The van der Waals surface area contributed by atoms with Crippen molar-refractivity contribution in [3.05, 3.63) is 53.6 Å². The molecule has 2 aromatic rings. The Balaban J connectivity index is 1.61. The van der Waals surface area contributed by atoms with Crippen LogP contribution in [-0.4, -0.2) is 66.9 Å². The summed E-state index contributed by atoms with van der Waals surface area (Å²) in [5.41, 5.74) is 1.75. The fourth-order valence-corrected chi connectivity index (χ4v) is 6.17. The minimum Gasteiger partial charge on any atom is -0.497 e. The van der Waals surface area contributed by atoms with Gasteiger partial charge in [0.25, 0.3) is 0 Å². The lowest BCUT2D eigenvalue weighted by Crippen LogP contribution is -2.42. The smallest absolute Gasteiger partial charge is 0.309 e. The van der Waals surface area contributed by atoms with Gasteiger partial charge in [-0.3, -0.25) is 14.5 Å². The molecule has 8 heteroatoms. The average molecular weight is 567 g/mol. The highest BCUT2D eigenvalue weighted by Gasteiger charge is 2.48. The number of carboxylic acid groups (broad SMARTS) is 1. The number of hydrogen-bond acceptors (Lipinski definition) is 6. The molecule has 1 N–H and O–H groups in total. The topological polar surface area (TPSA) is 88.5 Å². The molecule has 0 saturated carbocycles. The van der Waals surface area contributed by atoms with Gasteiger partial charge >= 0.3 is 5.97 Å². The Morgan fingerprint density at radius 1 is 0.902 bits per heavy atom. The van der Waals surface area contributed by atoms with Crippen molar-refractivity contribution in [3.8, 4) is 17.2 Å². The van der Waals surface area contributed by atoms with Gasteiger partial charge in [0.2, 0.25) is 12.7 Å². The van der Waals surface area contributed by atoms with E-state index < -0.39 is 17.9 Å². The van der Waals surface area contributed by atoms with E-state index in [9.17, 15) is 14.7 Å². The molecule has 1 amide bonds. The van der Waals surface area contributed by atoms with Crippen molar-refractivity contribution < 1.29 is 28.9 Å². The number of amides is 1. The highest BCUT2D eigenvalue weighted by molar-refractivity contribution is 5.79. The molecule has 1 fully saturated rings. The number of carbonyl (C=O) groups is 2. The molecule has 0 radical (unpaired) electrons. The van der Waals surface area contributed by atoms with Crippen molar-refractivity contribution in [2.45, 2.75) is 77.2 Å². The Labute approximate surface area is 244 Å². The highest BCUT2D eigenvalue weighted by Crippen LogP contribution is 2.47. The zero-order chi connectivity index (χ0) is 29.2. The van der Waals surface area contributed by atoms with Crippen molar-refractivity contribution in [2.75, 3.05) is 40.1 Å². The van der Waals surface area contributed by atoms with Crippen LogP contribution < -0.4 is 14.2 Å². The number of unbranched alkanes of at least 4 members (excludes halogenated alkanes) is 6. The van der Waals surface area contributed by atoms with E-state index in [2.05, 4.69) is 18.7 Å². The Bertz CT molecular complexity index is 1130. The van der Waals surface area contributed by atoms with Crippen LogP contribution in [0.5, 0.6) is 17.2 Å². The molecule has 4 rings (SSSR count). The molecule has 1 saturated heterocycles. The zero-order valence-electron chi connectivity index (χ0n) is 24.8. The molecule has 8 nitrogen and oxygen atoms in total. The molecule has 0 spiro atoms. The van der Waals surface area contributed by atoms with Crippen LogP contribution in [0.25, 0.3) is 0 Å². The lowest BCUT2D eigenvalue weighted by molar-refractivity contribution is -0.144. The van der Waals surface area contributed by atoms with Crippen LogP contribution in [0, 0.1) is 5.92 Å². The summed E-state index contributed by atoms with van der Waals surface area (Å²) in [7, 11) is 1.61. The van der Waals surface area contributed by atoms with Gasteiger partial charge in [-0.2, -0.15) is 0 Å². The number of fused-ring (bicyclic) bond motifs is 1. The third-order valence-electron chi connectivity index (χ3n) is 8.42. The first kappa shape index (κ1) is 30.7. The van der Waals surface area contributed by atoms with Crippen LogP contribution in [-0.2, 0) is 9.59 Å². The normalized spacial score (nSPS) is 19.8. The maximum Gasteiger partial charge on any atom is 0.309 e. The van der Waals surface area contributed by atoms with E-state index in [1.165, 1.54) is 12.8 Å². The number of carbonyl (C=O) groups excluding carboxylic acids is 1. The second-order valence-corrected chi connectivity index (χ2v) is 11.2. The van der Waals surface area contributed by atoms with Crippen molar-refractivity contribution in [2.24, 2.45) is 5.92 Å². The zero-order valence-corrected chi connectivity index (χ0v) is 24.8. The Hall–Kier alpha value is -3.26. The maximum absolute atomic E-state index is 13.9. The summed E-state index contributed by atoms with van der Waals surface area (Å²) < 4.78 is 16.4. The van der Waals surface area contributed by atoms with Crippen LogP contribution >= 0.6 is 0 Å². The number of methoxy groups -OCH3 is 1. The Kier molecular flexibility index (Phi) is 11.3. The Morgan fingerprint density at radius 3 is 2.15 bits per heavy atom. The van der Waals surface area contributed by atoms with Gasteiger partial charge in [-0.15, -0.1) is 0 Å². The van der Waals surface area contributed by atoms with Crippen LogP contribution in [0.1, 0.15) is 88.3 Å². The molecule has 3 atom stereocenters. The van der Waals surface area contributed by atoms with E-state index in [-0.39, 0.29) is 25.2 Å². The van der Waals surface area contributed by atoms with Gasteiger partial charge < -0.3 is 24.2 Å². The molecule has 41 heavy (non-hydrogen) atoms. The van der Waals surface area contributed by atoms with E-state index in [4.69, 9.17) is 14.2 Å². The summed E-state index contributed by atoms with van der Waals surface area (Å²) in [6.07, 6.45) is 8.85. The summed E-state index contributed by atoms with van der Waals surface area (Å²) in [5.74, 6) is 0.153. The molecular formula is C33H46N2O6. The molecule has 224 valence electrons. The van der Waals surface area contributed by atoms with E-state index in [1.54, 1.807) is 7.11 Å². The standard InChI is InChI=1S/C33H46N2O6/c1-4-6-8-10-18-34(19-11-9-7-5-2)30(36)22-35-21-27(25-14-17-28-29(20-25)41-23-40-28)31(33(37)38)32(35)24-12-15-26(39-3)16-13-24/h12-17,20,27,31-32H,4-11,18-19,21-23H2,1-3H3,(H,37,38)/t27-,31+,32-/m1/s1. The molecule has 2 aliphatic rings. The summed E-state index contributed by atoms with van der Waals surface area (Å²) in [6, 6.07) is 12.8. The third kappa shape index (κ3) is 7.73. The van der Waals surface area contributed by atoms with Gasteiger partial charge in [-0.1, -0.05) is 70.6 Å². The van der Waals surface area contributed by atoms with Gasteiger partial charge in [0.1, 0.15) is 5.75 Å². The quantitative estimate of drug-likeness (QED) is 0.240. The second-order valence-electron chi connectivity index (χ2n) is 11.2. The molecule has 0 unspecified atom stereocenters. The van der Waals surface area contributed by atoms with Gasteiger partial charge in [0, 0.05) is 31.6 Å². The average Bonchev–Trinajstić information content (AvgIpc) is 3.60. The number of nitrogens with zero attached hydrogens (tertiary/aromatic N) is 2. The lowest BCUT2D eigenvalue weighted by Gasteiger charge is -2.30. The minimum atomic E-state index is -0.876. The number of ether oxygens (including phenoxy) is 3. The largest absolute Gasteiger partial charge is 0.497 e. The number of carboxylic acids is 1. The van der Waals surface area contributed by atoms with Crippen molar-refractivity contribution in [1.82, 2.24) is 9.80 Å². The summed E-state index contributed by atoms with van der Waals surface area (Å²) in [6.45, 7) is 6.68. The first-order valence-corrected chi connectivity index (χ1v) is 15.2. The lowest BCUT2D eigenvalue weighted by atomic mass is 9.82. The fourth-order valence-electron chi connectivity index (χ4n) is 6.17. The molecule has 0 aliphatic carbocycles. The number of aliphatic carboxylic acids is 1. The Morgan fingerprint density at radius 2 is 1.54 bits per heavy atom. The van der Waals surface area contributed by atoms with Crippen LogP contribution in [0.4, 0.5) is 0 Å². The van der Waals surface area contributed by atoms with Crippen molar-refractivity contribution in [3.63, 3.8) is 0 Å². The first-order valence-electron chi connectivity index (χ1n) is 15.2. The number of likely N-dealkylation sites (tertiary alicyclic amines) is 1. The van der Waals surface area contributed by atoms with E-state index >= 15 is 0 Å². The van der Waals surface area contributed by atoms with Gasteiger partial charge in [-0.05, 0) is 48.2 Å². The number of hydrogen-bond donors (Lipinski definition) is 1. The maximum atomic E-state index is 13.9. The molecule has 2 aliphatic heterocycles. The predicted molar refractivity (Wildman–Crippen MR) is 159 cm³/mol. The first-order chi connectivity index (χ1) is 20.0. The molecule has 0 bridgehead atoms. The minimum absolute atomic E-state index is 0.0759. The molecule has 2 heterocycles. The van der Waals surface area contributed by atoms with Gasteiger partial charge in [0.05, 0.1) is 19.6 Å². The van der Waals surface area contributed by atoms with E-state index in [1.807, 2.05) is 47.4 Å². The van der Waals surface area contributed by atoms with Gasteiger partial charge in [0.15, 0.2) is 11.5 Å². The third-order valence-corrected chi connectivity index (χ3v) is 8.42. The van der Waals surface area contributed by atoms with E-state index in [0.29, 0.717) is 23.8 Å². The van der Waals surface area contributed by atoms with Crippen LogP contribution in [0.3, 0.4) is 0 Å². The van der Waals surface area contributed by atoms with Crippen LogP contribution in [0.2, 0.25) is 0 Å². The monoisotopic (exact) mass is 566 g/mol. The second kappa shape index (κ2) is 15.1. The highest BCUT2D eigenvalue weighted by atomic mass is 16.7. The fraction of sp³-hybridized carbons (Fsp3) is 0.576. The molecular weight excluding hydrogens is 520 g/mol. The summed E-state index contributed by atoms with van der Waals surface area (Å²) >= 11 is 0. The predicted octanol–water partition coefficient (Wildman–Crippen LogP) is 6.25. The number of benzene rings is 2. The van der Waals surface area contributed by atoms with E-state index in [0.717, 1.165) is 62.7 Å². The summed E-state index contributed by atoms with van der Waals surface area (Å²) in [4.78, 5) is 30.8.